The number of hydrogen-bond donors (Lipinski definition) is 2. The van der Waals surface area contributed by atoms with E-state index in [1.165, 1.54) is 11.1 Å². The number of aromatic nitrogens is 2. The molecule has 3 rings (SSSR count). The van der Waals surface area contributed by atoms with Crippen LogP contribution in [0.4, 0.5) is 11.5 Å². The normalized spacial score (nSPS) is 16.8. The highest BCUT2D eigenvalue weighted by atomic mass is 16.5. The maximum Gasteiger partial charge on any atom is 0.271 e. The highest BCUT2D eigenvalue weighted by molar-refractivity contribution is 5.92. The van der Waals surface area contributed by atoms with Gasteiger partial charge in [-0.15, -0.1) is 10.2 Å². The van der Waals surface area contributed by atoms with Crippen LogP contribution in [0.5, 0.6) is 0 Å². The van der Waals surface area contributed by atoms with Gasteiger partial charge in [-0.3, -0.25) is 4.79 Å². The quantitative estimate of drug-likeness (QED) is 0.883. The second kappa shape index (κ2) is 7.40. The molecule has 126 valence electrons. The topological polar surface area (TPSA) is 76.1 Å². The third kappa shape index (κ3) is 4.08. The molecule has 1 aromatic carbocycles. The molecule has 1 atom stereocenters. The highest BCUT2D eigenvalue weighted by Crippen LogP contribution is 2.18. The molecule has 24 heavy (non-hydrogen) atoms. The molecule has 1 aromatic heterocycles. The van der Waals surface area contributed by atoms with Crippen LogP contribution >= 0.6 is 0 Å². The number of carbonyl (C=O) groups excluding carboxylic acids is 1. The standard InChI is InChI=1S/C18H22N4O2/c1-12-5-6-14(10-13(12)2)20-17-8-7-16(21-22-17)18(23)19-11-15-4-3-9-24-15/h5-8,10,15H,3-4,9,11H2,1-2H3,(H,19,23)(H,20,22). The van der Waals surface area contributed by atoms with Gasteiger partial charge in [0.25, 0.3) is 5.91 Å². The predicted octanol–water partition coefficient (Wildman–Crippen LogP) is 2.75. The lowest BCUT2D eigenvalue weighted by Gasteiger charge is -2.10. The van der Waals surface area contributed by atoms with Crippen LogP contribution in [0.15, 0.2) is 30.3 Å². The molecule has 0 aliphatic carbocycles. The Morgan fingerprint density at radius 3 is 2.75 bits per heavy atom. The fourth-order valence-electron chi connectivity index (χ4n) is 2.59. The van der Waals surface area contributed by atoms with Crippen molar-refractivity contribution in [1.29, 1.82) is 0 Å². The number of ether oxygens (including phenoxy) is 1. The van der Waals surface area contributed by atoms with Gasteiger partial charge < -0.3 is 15.4 Å². The average Bonchev–Trinajstić information content (AvgIpc) is 3.10. The van der Waals surface area contributed by atoms with Crippen LogP contribution in [-0.4, -0.2) is 35.4 Å². The van der Waals surface area contributed by atoms with Crippen molar-refractivity contribution in [3.8, 4) is 0 Å². The minimum atomic E-state index is -0.226. The van der Waals surface area contributed by atoms with Crippen molar-refractivity contribution in [1.82, 2.24) is 15.5 Å². The summed E-state index contributed by atoms with van der Waals surface area (Å²) in [6.07, 6.45) is 2.16. The summed E-state index contributed by atoms with van der Waals surface area (Å²) in [5, 5.41) is 14.1. The molecule has 2 N–H and O–H groups in total. The van der Waals surface area contributed by atoms with Crippen LogP contribution in [0.2, 0.25) is 0 Å². The van der Waals surface area contributed by atoms with Crippen molar-refractivity contribution in [3.05, 3.63) is 47.2 Å². The number of anilines is 2. The number of rotatable bonds is 5. The Labute approximate surface area is 141 Å². The maximum atomic E-state index is 12.1. The number of aryl methyl sites for hydroxylation is 2. The molecule has 1 amide bonds. The van der Waals surface area contributed by atoms with Crippen LogP contribution in [0.25, 0.3) is 0 Å². The summed E-state index contributed by atoms with van der Waals surface area (Å²) in [6, 6.07) is 9.52. The molecular formula is C18H22N4O2. The van der Waals surface area contributed by atoms with E-state index in [0.717, 1.165) is 25.1 Å². The molecule has 0 bridgehead atoms. The SMILES string of the molecule is Cc1ccc(Nc2ccc(C(=O)NCC3CCCO3)nn2)cc1C. The number of nitrogens with one attached hydrogen (secondary N) is 2. The first-order valence-electron chi connectivity index (χ1n) is 8.19. The van der Waals surface area contributed by atoms with E-state index in [2.05, 4.69) is 46.8 Å². The molecule has 1 fully saturated rings. The number of nitrogens with zero attached hydrogens (tertiary/aromatic N) is 2. The Morgan fingerprint density at radius 1 is 1.21 bits per heavy atom. The van der Waals surface area contributed by atoms with Gasteiger partial charge in [0.05, 0.1) is 6.10 Å². The van der Waals surface area contributed by atoms with Crippen molar-refractivity contribution in [2.24, 2.45) is 0 Å². The molecule has 6 heteroatoms. The summed E-state index contributed by atoms with van der Waals surface area (Å²) >= 11 is 0. The van der Waals surface area contributed by atoms with E-state index in [0.29, 0.717) is 18.1 Å². The van der Waals surface area contributed by atoms with E-state index in [4.69, 9.17) is 4.74 Å². The average molecular weight is 326 g/mol. The van der Waals surface area contributed by atoms with Crippen molar-refractivity contribution in [2.75, 3.05) is 18.5 Å². The summed E-state index contributed by atoms with van der Waals surface area (Å²) in [5.74, 6) is 0.379. The minimum Gasteiger partial charge on any atom is -0.376 e. The summed E-state index contributed by atoms with van der Waals surface area (Å²) in [4.78, 5) is 12.1. The summed E-state index contributed by atoms with van der Waals surface area (Å²) in [7, 11) is 0. The summed E-state index contributed by atoms with van der Waals surface area (Å²) in [5.41, 5.74) is 3.70. The van der Waals surface area contributed by atoms with Gasteiger partial charge in [0, 0.05) is 18.8 Å². The van der Waals surface area contributed by atoms with Crippen molar-refractivity contribution in [2.45, 2.75) is 32.8 Å². The molecule has 1 aliphatic rings. The van der Waals surface area contributed by atoms with Gasteiger partial charge in [0.1, 0.15) is 0 Å². The fourth-order valence-corrected chi connectivity index (χ4v) is 2.59. The van der Waals surface area contributed by atoms with Gasteiger partial charge >= 0.3 is 0 Å². The first-order chi connectivity index (χ1) is 11.6. The smallest absolute Gasteiger partial charge is 0.271 e. The van der Waals surface area contributed by atoms with Gasteiger partial charge in [-0.2, -0.15) is 0 Å². The molecule has 2 heterocycles. The van der Waals surface area contributed by atoms with Crippen LogP contribution in [0, 0.1) is 13.8 Å². The number of carbonyl (C=O) groups is 1. The van der Waals surface area contributed by atoms with Gasteiger partial charge in [-0.25, -0.2) is 0 Å². The van der Waals surface area contributed by atoms with E-state index in [-0.39, 0.29) is 12.0 Å². The zero-order chi connectivity index (χ0) is 16.9. The van der Waals surface area contributed by atoms with Gasteiger partial charge in [-0.1, -0.05) is 6.07 Å². The molecule has 1 saturated heterocycles. The Morgan fingerprint density at radius 2 is 2.08 bits per heavy atom. The predicted molar refractivity (Wildman–Crippen MR) is 92.5 cm³/mol. The van der Waals surface area contributed by atoms with Crippen LogP contribution in [0.3, 0.4) is 0 Å². The first-order valence-corrected chi connectivity index (χ1v) is 8.19. The summed E-state index contributed by atoms with van der Waals surface area (Å²) in [6.45, 7) is 5.43. The molecule has 1 unspecified atom stereocenters. The van der Waals surface area contributed by atoms with E-state index in [9.17, 15) is 4.79 Å². The highest BCUT2D eigenvalue weighted by Gasteiger charge is 2.17. The molecule has 2 aromatic rings. The third-order valence-electron chi connectivity index (χ3n) is 4.19. The molecular weight excluding hydrogens is 304 g/mol. The van der Waals surface area contributed by atoms with Gasteiger partial charge in [0.15, 0.2) is 11.5 Å². The second-order valence-corrected chi connectivity index (χ2v) is 6.07. The zero-order valence-corrected chi connectivity index (χ0v) is 14.0. The molecule has 6 nitrogen and oxygen atoms in total. The summed E-state index contributed by atoms with van der Waals surface area (Å²) < 4.78 is 5.48. The maximum absolute atomic E-state index is 12.1. The molecule has 0 radical (unpaired) electrons. The number of amides is 1. The number of benzene rings is 1. The number of hydrogen-bond acceptors (Lipinski definition) is 5. The zero-order valence-electron chi connectivity index (χ0n) is 14.0. The lowest BCUT2D eigenvalue weighted by molar-refractivity contribution is 0.0853. The monoisotopic (exact) mass is 326 g/mol. The van der Waals surface area contributed by atoms with E-state index in [1.807, 2.05) is 6.07 Å². The minimum absolute atomic E-state index is 0.118. The molecule has 0 spiro atoms. The van der Waals surface area contributed by atoms with E-state index in [1.54, 1.807) is 12.1 Å². The lowest BCUT2D eigenvalue weighted by Crippen LogP contribution is -2.32. The van der Waals surface area contributed by atoms with Crippen molar-refractivity contribution >= 4 is 17.4 Å². The fraction of sp³-hybridized carbons (Fsp3) is 0.389. The van der Waals surface area contributed by atoms with Crippen LogP contribution in [-0.2, 0) is 4.74 Å². The largest absolute Gasteiger partial charge is 0.376 e. The van der Waals surface area contributed by atoms with Crippen molar-refractivity contribution < 1.29 is 9.53 Å². The van der Waals surface area contributed by atoms with Gasteiger partial charge in [-0.05, 0) is 62.1 Å². The second-order valence-electron chi connectivity index (χ2n) is 6.07. The molecule has 1 aliphatic heterocycles. The van der Waals surface area contributed by atoms with E-state index < -0.39 is 0 Å². The van der Waals surface area contributed by atoms with E-state index >= 15 is 0 Å². The molecule has 0 saturated carbocycles. The first kappa shape index (κ1) is 16.4. The Balaban J connectivity index is 1.57. The van der Waals surface area contributed by atoms with Gasteiger partial charge in [0.2, 0.25) is 0 Å². The Bertz CT molecular complexity index is 709. The van der Waals surface area contributed by atoms with Crippen LogP contribution in [0.1, 0.15) is 34.5 Å². The van der Waals surface area contributed by atoms with Crippen molar-refractivity contribution in [3.63, 3.8) is 0 Å². The third-order valence-corrected chi connectivity index (χ3v) is 4.19. The Kier molecular flexibility index (Phi) is 5.05. The Hall–Kier alpha value is -2.47. The van der Waals surface area contributed by atoms with Crippen LogP contribution < -0.4 is 10.6 Å². The lowest BCUT2D eigenvalue weighted by atomic mass is 10.1.